The molecule has 0 bridgehead atoms. The molecule has 0 aromatic rings. The predicted octanol–water partition coefficient (Wildman–Crippen LogP) is 1.42. The average molecular weight is 256 g/mol. The van der Waals surface area contributed by atoms with E-state index in [1.54, 1.807) is 0 Å². The lowest BCUT2D eigenvalue weighted by molar-refractivity contribution is -0.0112. The first-order valence-electron chi connectivity index (χ1n) is 6.77. The number of ether oxygens (including phenoxy) is 2. The number of carbonyl (C=O) groups excluding carboxylic acids is 1. The van der Waals surface area contributed by atoms with Crippen molar-refractivity contribution in [2.45, 2.75) is 63.8 Å². The molecular weight excluding hydrogens is 232 g/mol. The summed E-state index contributed by atoms with van der Waals surface area (Å²) in [6, 6.07) is 0.989. The number of hydrogen-bond donors (Lipinski definition) is 2. The van der Waals surface area contributed by atoms with Gasteiger partial charge in [0.05, 0.1) is 19.3 Å². The normalized spacial score (nSPS) is 28.8. The molecule has 5 nitrogen and oxygen atoms in total. The molecular formula is C13H24N2O3. The van der Waals surface area contributed by atoms with Crippen LogP contribution in [0.2, 0.25) is 0 Å². The van der Waals surface area contributed by atoms with E-state index in [4.69, 9.17) is 9.47 Å². The van der Waals surface area contributed by atoms with Crippen molar-refractivity contribution in [1.29, 1.82) is 0 Å². The molecule has 1 amide bonds. The molecule has 1 saturated carbocycles. The molecule has 104 valence electrons. The van der Waals surface area contributed by atoms with E-state index in [1.165, 1.54) is 0 Å². The fourth-order valence-corrected chi connectivity index (χ4v) is 2.43. The monoisotopic (exact) mass is 256 g/mol. The third-order valence-corrected chi connectivity index (χ3v) is 3.31. The van der Waals surface area contributed by atoms with Crippen molar-refractivity contribution >= 4 is 6.09 Å². The van der Waals surface area contributed by atoms with Gasteiger partial charge in [0.15, 0.2) is 0 Å². The largest absolute Gasteiger partial charge is 0.444 e. The first-order chi connectivity index (χ1) is 8.44. The topological polar surface area (TPSA) is 59.6 Å². The zero-order valence-corrected chi connectivity index (χ0v) is 11.5. The second-order valence-electron chi connectivity index (χ2n) is 6.19. The highest BCUT2D eigenvalue weighted by molar-refractivity contribution is 5.68. The standard InChI is InChI=1S/C13H24N2O3/c1-13(2,3)18-12(16)15-11-6-4-5-10(11)14-9-7-17-8-9/h9-11,14H,4-8H2,1-3H3,(H,15,16). The molecule has 1 aliphatic heterocycles. The van der Waals surface area contributed by atoms with Gasteiger partial charge in [0.2, 0.25) is 0 Å². The van der Waals surface area contributed by atoms with E-state index in [1.807, 2.05) is 20.8 Å². The fraction of sp³-hybridized carbons (Fsp3) is 0.923. The third kappa shape index (κ3) is 3.85. The molecule has 1 saturated heterocycles. The van der Waals surface area contributed by atoms with Crippen LogP contribution in [0.1, 0.15) is 40.0 Å². The molecule has 0 spiro atoms. The van der Waals surface area contributed by atoms with E-state index in [9.17, 15) is 4.79 Å². The number of nitrogens with one attached hydrogen (secondary N) is 2. The highest BCUT2D eigenvalue weighted by Crippen LogP contribution is 2.21. The van der Waals surface area contributed by atoms with Gasteiger partial charge in [0, 0.05) is 12.1 Å². The van der Waals surface area contributed by atoms with Crippen LogP contribution in [0.3, 0.4) is 0 Å². The van der Waals surface area contributed by atoms with Gasteiger partial charge in [-0.05, 0) is 40.0 Å². The molecule has 1 heterocycles. The summed E-state index contributed by atoms with van der Waals surface area (Å²) in [5, 5.41) is 6.51. The molecule has 5 heteroatoms. The minimum Gasteiger partial charge on any atom is -0.444 e. The van der Waals surface area contributed by atoms with Crippen molar-refractivity contribution in [3.8, 4) is 0 Å². The van der Waals surface area contributed by atoms with E-state index in [0.717, 1.165) is 32.5 Å². The van der Waals surface area contributed by atoms with Crippen LogP contribution in [0.5, 0.6) is 0 Å². The minimum absolute atomic E-state index is 0.181. The Kier molecular flexibility index (Phi) is 4.12. The summed E-state index contributed by atoms with van der Waals surface area (Å²) in [4.78, 5) is 11.7. The second-order valence-corrected chi connectivity index (χ2v) is 6.19. The molecule has 1 aliphatic carbocycles. The lowest BCUT2D eigenvalue weighted by Gasteiger charge is -2.33. The Morgan fingerprint density at radius 2 is 1.89 bits per heavy atom. The predicted molar refractivity (Wildman–Crippen MR) is 68.5 cm³/mol. The summed E-state index contributed by atoms with van der Waals surface area (Å²) in [5.41, 5.74) is -0.437. The van der Waals surface area contributed by atoms with Crippen molar-refractivity contribution in [3.05, 3.63) is 0 Å². The average Bonchev–Trinajstić information content (AvgIpc) is 2.55. The molecule has 0 aromatic carbocycles. The van der Waals surface area contributed by atoms with Gasteiger partial charge in [-0.1, -0.05) is 0 Å². The van der Waals surface area contributed by atoms with E-state index < -0.39 is 5.60 Å². The molecule has 2 fully saturated rings. The molecule has 0 aromatic heterocycles. The van der Waals surface area contributed by atoms with Crippen molar-refractivity contribution in [2.24, 2.45) is 0 Å². The number of alkyl carbamates (subject to hydrolysis) is 1. The van der Waals surface area contributed by atoms with E-state index in [2.05, 4.69) is 10.6 Å². The zero-order valence-electron chi connectivity index (χ0n) is 11.5. The first-order valence-corrected chi connectivity index (χ1v) is 6.77. The SMILES string of the molecule is CC(C)(C)OC(=O)NC1CCCC1NC1COC1. The molecule has 2 unspecified atom stereocenters. The lowest BCUT2D eigenvalue weighted by atomic mass is 10.1. The number of hydrogen-bond acceptors (Lipinski definition) is 4. The Labute approximate surface area is 109 Å². The summed E-state index contributed by atoms with van der Waals surface area (Å²) < 4.78 is 10.4. The van der Waals surface area contributed by atoms with Gasteiger partial charge in [-0.3, -0.25) is 0 Å². The maximum absolute atomic E-state index is 11.7. The van der Waals surface area contributed by atoms with Gasteiger partial charge in [0.1, 0.15) is 5.60 Å². The van der Waals surface area contributed by atoms with E-state index >= 15 is 0 Å². The summed E-state index contributed by atoms with van der Waals surface area (Å²) in [5.74, 6) is 0. The Balaban J connectivity index is 1.78. The highest BCUT2D eigenvalue weighted by atomic mass is 16.6. The Hall–Kier alpha value is -0.810. The summed E-state index contributed by atoms with van der Waals surface area (Å²) in [7, 11) is 0. The van der Waals surface area contributed by atoms with Gasteiger partial charge in [-0.15, -0.1) is 0 Å². The van der Waals surface area contributed by atoms with Crippen LogP contribution in [0.4, 0.5) is 4.79 Å². The van der Waals surface area contributed by atoms with Gasteiger partial charge in [0.25, 0.3) is 0 Å². The number of rotatable bonds is 3. The van der Waals surface area contributed by atoms with Crippen LogP contribution in [0.15, 0.2) is 0 Å². The van der Waals surface area contributed by atoms with Gasteiger partial charge in [-0.2, -0.15) is 0 Å². The van der Waals surface area contributed by atoms with Crippen LogP contribution < -0.4 is 10.6 Å². The molecule has 2 rings (SSSR count). The zero-order chi connectivity index (χ0) is 13.2. The second kappa shape index (κ2) is 5.45. The summed E-state index contributed by atoms with van der Waals surface area (Å²) in [6.07, 6.45) is 2.96. The molecule has 2 N–H and O–H groups in total. The van der Waals surface area contributed by atoms with Crippen molar-refractivity contribution < 1.29 is 14.3 Å². The smallest absolute Gasteiger partial charge is 0.407 e. The Morgan fingerprint density at radius 1 is 1.22 bits per heavy atom. The number of amides is 1. The molecule has 18 heavy (non-hydrogen) atoms. The first kappa shape index (κ1) is 13.6. The van der Waals surface area contributed by atoms with Crippen molar-refractivity contribution in [1.82, 2.24) is 10.6 Å². The van der Waals surface area contributed by atoms with Crippen molar-refractivity contribution in [2.75, 3.05) is 13.2 Å². The summed E-state index contributed by atoms with van der Waals surface area (Å²) in [6.45, 7) is 7.21. The maximum atomic E-state index is 11.7. The quantitative estimate of drug-likeness (QED) is 0.802. The molecule has 0 radical (unpaired) electrons. The molecule has 2 atom stereocenters. The van der Waals surface area contributed by atoms with Crippen LogP contribution in [-0.2, 0) is 9.47 Å². The van der Waals surface area contributed by atoms with Crippen molar-refractivity contribution in [3.63, 3.8) is 0 Å². The van der Waals surface area contributed by atoms with E-state index in [-0.39, 0.29) is 12.1 Å². The van der Waals surface area contributed by atoms with Crippen LogP contribution in [0, 0.1) is 0 Å². The van der Waals surface area contributed by atoms with Gasteiger partial charge in [-0.25, -0.2) is 4.79 Å². The van der Waals surface area contributed by atoms with Gasteiger partial charge < -0.3 is 20.1 Å². The lowest BCUT2D eigenvalue weighted by Crippen LogP contribution is -2.56. The Morgan fingerprint density at radius 3 is 2.44 bits per heavy atom. The minimum atomic E-state index is -0.437. The van der Waals surface area contributed by atoms with Crippen LogP contribution in [0.25, 0.3) is 0 Å². The maximum Gasteiger partial charge on any atom is 0.407 e. The Bertz CT molecular complexity index is 297. The summed E-state index contributed by atoms with van der Waals surface area (Å²) >= 11 is 0. The highest BCUT2D eigenvalue weighted by Gasteiger charge is 2.33. The number of carbonyl (C=O) groups is 1. The fourth-order valence-electron chi connectivity index (χ4n) is 2.43. The van der Waals surface area contributed by atoms with E-state index in [0.29, 0.717) is 12.1 Å². The van der Waals surface area contributed by atoms with Crippen LogP contribution >= 0.6 is 0 Å². The van der Waals surface area contributed by atoms with Crippen LogP contribution in [-0.4, -0.2) is 43.0 Å². The molecule has 2 aliphatic rings. The van der Waals surface area contributed by atoms with Gasteiger partial charge >= 0.3 is 6.09 Å². The third-order valence-electron chi connectivity index (χ3n) is 3.31.